The summed E-state index contributed by atoms with van der Waals surface area (Å²) in [4.78, 5) is 13.8. The fourth-order valence-corrected chi connectivity index (χ4v) is 3.37. The highest BCUT2D eigenvalue weighted by atomic mass is 32.1. The number of nitrogens with one attached hydrogen (secondary N) is 1. The van der Waals surface area contributed by atoms with E-state index in [4.69, 9.17) is 5.84 Å². The van der Waals surface area contributed by atoms with Gasteiger partial charge < -0.3 is 4.90 Å². The number of hydrogen-bond acceptors (Lipinski definition) is 6. The lowest BCUT2D eigenvalue weighted by atomic mass is 10.2. The van der Waals surface area contributed by atoms with Crippen LogP contribution in [0.5, 0.6) is 0 Å². The average molecular weight is 291 g/mol. The number of fused-ring (bicyclic) bond motifs is 1. The second-order valence-electron chi connectivity index (χ2n) is 5.87. The maximum Gasteiger partial charge on any atom is 0.240 e. The lowest BCUT2D eigenvalue weighted by Crippen LogP contribution is -2.31. The number of nitrogen functional groups attached to an aromatic ring is 1. The number of hydrazine groups is 1. The Morgan fingerprint density at radius 2 is 2.20 bits per heavy atom. The number of hydrogen-bond donors (Lipinski definition) is 2. The molecule has 2 aromatic rings. The molecule has 0 radical (unpaired) electrons. The fraction of sp³-hybridized carbons (Fsp3) is 0.571. The molecule has 6 heteroatoms. The first-order valence-corrected chi connectivity index (χ1v) is 7.91. The Morgan fingerprint density at radius 3 is 2.80 bits per heavy atom. The molecule has 3 rings (SSSR count). The summed E-state index contributed by atoms with van der Waals surface area (Å²) in [6.07, 6.45) is 2.51. The zero-order chi connectivity index (χ0) is 14.3. The molecule has 1 fully saturated rings. The minimum Gasteiger partial charge on any atom is -0.353 e. The van der Waals surface area contributed by atoms with Crippen LogP contribution in [0.3, 0.4) is 0 Å². The number of nitrogens with two attached hydrogens (primary N) is 1. The predicted octanol–water partition coefficient (Wildman–Crippen LogP) is 2.91. The van der Waals surface area contributed by atoms with E-state index in [-0.39, 0.29) is 0 Å². The van der Waals surface area contributed by atoms with Crippen molar-refractivity contribution in [3.8, 4) is 0 Å². The van der Waals surface area contributed by atoms with Crippen molar-refractivity contribution in [3.63, 3.8) is 0 Å². The zero-order valence-electron chi connectivity index (χ0n) is 12.2. The van der Waals surface area contributed by atoms with E-state index in [2.05, 4.69) is 47.1 Å². The smallest absolute Gasteiger partial charge is 0.240 e. The summed E-state index contributed by atoms with van der Waals surface area (Å²) >= 11 is 1.69. The van der Waals surface area contributed by atoms with Crippen LogP contribution in [0, 0.1) is 12.8 Å². The second kappa shape index (κ2) is 5.18. The second-order valence-corrected chi connectivity index (χ2v) is 7.10. The molecule has 3 N–H and O–H groups in total. The minimum atomic E-state index is 0.503. The SMILES string of the molecule is Cc1cc2c(N(CC(C)C)C3CC3)nc(NN)nc2s1. The van der Waals surface area contributed by atoms with Gasteiger partial charge in [0.2, 0.25) is 5.95 Å². The third kappa shape index (κ3) is 2.58. The van der Waals surface area contributed by atoms with Crippen LogP contribution in [0.4, 0.5) is 11.8 Å². The van der Waals surface area contributed by atoms with E-state index in [1.54, 1.807) is 11.3 Å². The average Bonchev–Trinajstić information content (AvgIpc) is 3.16. The van der Waals surface area contributed by atoms with Crippen molar-refractivity contribution in [2.24, 2.45) is 11.8 Å². The lowest BCUT2D eigenvalue weighted by molar-refractivity contribution is 0.604. The molecular formula is C14H21N5S. The zero-order valence-corrected chi connectivity index (χ0v) is 13.0. The molecule has 2 heterocycles. The van der Waals surface area contributed by atoms with Crippen LogP contribution in [0.25, 0.3) is 10.2 Å². The quantitative estimate of drug-likeness (QED) is 0.655. The number of aromatic nitrogens is 2. The van der Waals surface area contributed by atoms with Gasteiger partial charge in [0.05, 0.1) is 5.39 Å². The van der Waals surface area contributed by atoms with Crippen molar-refractivity contribution in [2.75, 3.05) is 16.9 Å². The van der Waals surface area contributed by atoms with Crippen molar-refractivity contribution < 1.29 is 0 Å². The molecule has 1 aliphatic rings. The van der Waals surface area contributed by atoms with Gasteiger partial charge in [-0.25, -0.2) is 10.8 Å². The summed E-state index contributed by atoms with van der Waals surface area (Å²) in [5, 5.41) is 1.15. The van der Waals surface area contributed by atoms with Gasteiger partial charge in [0.25, 0.3) is 0 Å². The van der Waals surface area contributed by atoms with Gasteiger partial charge in [0.15, 0.2) is 0 Å². The molecular weight excluding hydrogens is 270 g/mol. The van der Waals surface area contributed by atoms with Gasteiger partial charge in [-0.1, -0.05) is 13.8 Å². The molecule has 0 atom stereocenters. The number of anilines is 2. The molecule has 5 nitrogen and oxygen atoms in total. The number of aryl methyl sites for hydroxylation is 1. The van der Waals surface area contributed by atoms with E-state index in [9.17, 15) is 0 Å². The summed E-state index contributed by atoms with van der Waals surface area (Å²) in [7, 11) is 0. The standard InChI is InChI=1S/C14H21N5S/c1-8(2)7-19(10-4-5-10)12-11-6-9(3)20-13(11)17-14(16-12)18-15/h6,8,10H,4-5,7,15H2,1-3H3,(H,16,17,18). The third-order valence-electron chi connectivity index (χ3n) is 3.45. The van der Waals surface area contributed by atoms with Gasteiger partial charge in [-0.05, 0) is 31.7 Å². The highest BCUT2D eigenvalue weighted by molar-refractivity contribution is 7.18. The molecule has 0 unspecified atom stereocenters. The number of thiophene rings is 1. The van der Waals surface area contributed by atoms with Gasteiger partial charge in [0, 0.05) is 17.5 Å². The van der Waals surface area contributed by atoms with Gasteiger partial charge in [-0.3, -0.25) is 5.43 Å². The van der Waals surface area contributed by atoms with E-state index >= 15 is 0 Å². The van der Waals surface area contributed by atoms with E-state index in [0.717, 1.165) is 22.6 Å². The Kier molecular flexibility index (Phi) is 3.52. The molecule has 0 saturated heterocycles. The van der Waals surface area contributed by atoms with Crippen molar-refractivity contribution in [1.29, 1.82) is 0 Å². The normalized spacial score (nSPS) is 15.1. The van der Waals surface area contributed by atoms with Crippen molar-refractivity contribution in [3.05, 3.63) is 10.9 Å². The van der Waals surface area contributed by atoms with E-state index in [0.29, 0.717) is 17.9 Å². The molecule has 0 spiro atoms. The molecule has 108 valence electrons. The van der Waals surface area contributed by atoms with E-state index in [1.165, 1.54) is 17.7 Å². The summed E-state index contributed by atoms with van der Waals surface area (Å²) in [6.45, 7) is 7.62. The van der Waals surface area contributed by atoms with Crippen molar-refractivity contribution in [2.45, 2.75) is 39.7 Å². The molecule has 0 amide bonds. The highest BCUT2D eigenvalue weighted by Crippen LogP contribution is 2.37. The molecule has 0 bridgehead atoms. The summed E-state index contributed by atoms with van der Waals surface area (Å²) in [5.41, 5.74) is 2.59. The Labute approximate surface area is 123 Å². The van der Waals surface area contributed by atoms with Gasteiger partial charge >= 0.3 is 0 Å². The Bertz CT molecular complexity index is 617. The van der Waals surface area contributed by atoms with Crippen LogP contribution in [-0.4, -0.2) is 22.6 Å². The first-order chi connectivity index (χ1) is 9.58. The summed E-state index contributed by atoms with van der Waals surface area (Å²) < 4.78 is 0. The first-order valence-electron chi connectivity index (χ1n) is 7.10. The van der Waals surface area contributed by atoms with E-state index in [1.807, 2.05) is 0 Å². The lowest BCUT2D eigenvalue weighted by Gasteiger charge is -2.26. The fourth-order valence-electron chi connectivity index (χ4n) is 2.50. The monoisotopic (exact) mass is 291 g/mol. The predicted molar refractivity (Wildman–Crippen MR) is 85.2 cm³/mol. The van der Waals surface area contributed by atoms with Gasteiger partial charge in [0.1, 0.15) is 10.6 Å². The molecule has 0 aromatic carbocycles. The van der Waals surface area contributed by atoms with Gasteiger partial charge in [-0.15, -0.1) is 11.3 Å². The Balaban J connectivity index is 2.11. The topological polar surface area (TPSA) is 67.1 Å². The Morgan fingerprint density at radius 1 is 1.45 bits per heavy atom. The molecule has 2 aromatic heterocycles. The Hall–Kier alpha value is -1.40. The number of rotatable bonds is 5. The summed E-state index contributed by atoms with van der Waals surface area (Å²) in [5.74, 6) is 7.66. The van der Waals surface area contributed by atoms with Crippen LogP contribution < -0.4 is 16.2 Å². The summed E-state index contributed by atoms with van der Waals surface area (Å²) in [6, 6.07) is 2.81. The largest absolute Gasteiger partial charge is 0.353 e. The van der Waals surface area contributed by atoms with Crippen LogP contribution in [-0.2, 0) is 0 Å². The molecule has 1 aliphatic carbocycles. The maximum atomic E-state index is 5.52. The molecule has 0 aliphatic heterocycles. The van der Waals surface area contributed by atoms with Crippen LogP contribution in [0.15, 0.2) is 6.07 Å². The highest BCUT2D eigenvalue weighted by Gasteiger charge is 2.32. The van der Waals surface area contributed by atoms with Crippen LogP contribution in [0.2, 0.25) is 0 Å². The molecule has 1 saturated carbocycles. The van der Waals surface area contributed by atoms with Crippen molar-refractivity contribution in [1.82, 2.24) is 9.97 Å². The molecule has 20 heavy (non-hydrogen) atoms. The van der Waals surface area contributed by atoms with Crippen molar-refractivity contribution >= 4 is 33.3 Å². The minimum absolute atomic E-state index is 0.503. The van der Waals surface area contributed by atoms with E-state index < -0.39 is 0 Å². The third-order valence-corrected chi connectivity index (χ3v) is 4.39. The first kappa shape index (κ1) is 13.6. The van der Waals surface area contributed by atoms with Crippen LogP contribution >= 0.6 is 11.3 Å². The number of nitrogens with zero attached hydrogens (tertiary/aromatic N) is 3. The van der Waals surface area contributed by atoms with Gasteiger partial charge in [-0.2, -0.15) is 4.98 Å². The maximum absolute atomic E-state index is 5.52. The van der Waals surface area contributed by atoms with Crippen LogP contribution in [0.1, 0.15) is 31.6 Å².